The van der Waals surface area contributed by atoms with Crippen LogP contribution in [0.15, 0.2) is 18.2 Å². The third kappa shape index (κ3) is 3.75. The van der Waals surface area contributed by atoms with Crippen molar-refractivity contribution in [2.45, 2.75) is 19.9 Å². The van der Waals surface area contributed by atoms with E-state index in [2.05, 4.69) is 17.1 Å². The minimum Gasteiger partial charge on any atom is -0.399 e. The van der Waals surface area contributed by atoms with E-state index in [-0.39, 0.29) is 5.91 Å². The number of carbonyl (C=O) groups excluding carboxylic acids is 1. The van der Waals surface area contributed by atoms with E-state index in [0.29, 0.717) is 23.8 Å². The first kappa shape index (κ1) is 13.5. The summed E-state index contributed by atoms with van der Waals surface area (Å²) in [6, 6.07) is 5.64. The van der Waals surface area contributed by atoms with Gasteiger partial charge in [-0.05, 0) is 51.7 Å². The minimum atomic E-state index is -0.0539. The summed E-state index contributed by atoms with van der Waals surface area (Å²) in [5.74, 6) is -0.0539. The highest BCUT2D eigenvalue weighted by Gasteiger charge is 2.09. The van der Waals surface area contributed by atoms with Crippen LogP contribution in [-0.2, 0) is 0 Å². The standard InChI is InChI=1S/C13H21N3O/c1-9-7-11(5-6-12(9)14)13(17)15-8-10(2)16(3)4/h5-7,10H,8,14H2,1-4H3,(H,15,17). The number of anilines is 1. The van der Waals surface area contributed by atoms with Gasteiger partial charge in [0.25, 0.3) is 5.91 Å². The number of likely N-dealkylation sites (N-methyl/N-ethyl adjacent to an activating group) is 1. The van der Waals surface area contributed by atoms with Crippen LogP contribution < -0.4 is 11.1 Å². The number of nitrogens with two attached hydrogens (primary N) is 1. The molecule has 0 aliphatic heterocycles. The maximum atomic E-state index is 11.9. The zero-order valence-corrected chi connectivity index (χ0v) is 10.9. The fraction of sp³-hybridized carbons (Fsp3) is 0.462. The Balaban J connectivity index is 2.61. The fourth-order valence-electron chi connectivity index (χ4n) is 1.34. The van der Waals surface area contributed by atoms with Crippen molar-refractivity contribution in [3.8, 4) is 0 Å². The Morgan fingerprint density at radius 2 is 2.12 bits per heavy atom. The lowest BCUT2D eigenvalue weighted by atomic mass is 10.1. The molecule has 0 radical (unpaired) electrons. The van der Waals surface area contributed by atoms with Crippen molar-refractivity contribution >= 4 is 11.6 Å². The first-order valence-corrected chi connectivity index (χ1v) is 5.72. The maximum Gasteiger partial charge on any atom is 0.251 e. The molecule has 1 amide bonds. The van der Waals surface area contributed by atoms with E-state index in [9.17, 15) is 4.79 Å². The number of rotatable bonds is 4. The highest BCUT2D eigenvalue weighted by atomic mass is 16.1. The number of benzene rings is 1. The number of nitrogen functional groups attached to an aromatic ring is 1. The molecule has 0 aliphatic rings. The summed E-state index contributed by atoms with van der Waals surface area (Å²) in [4.78, 5) is 13.9. The van der Waals surface area contributed by atoms with Gasteiger partial charge in [-0.3, -0.25) is 4.79 Å². The molecule has 0 saturated heterocycles. The van der Waals surface area contributed by atoms with E-state index in [1.54, 1.807) is 12.1 Å². The van der Waals surface area contributed by atoms with E-state index >= 15 is 0 Å². The van der Waals surface area contributed by atoms with Gasteiger partial charge in [0.1, 0.15) is 0 Å². The number of nitrogens with one attached hydrogen (secondary N) is 1. The summed E-state index contributed by atoms with van der Waals surface area (Å²) in [5, 5.41) is 2.91. The average molecular weight is 235 g/mol. The molecule has 0 aromatic heterocycles. The molecule has 1 atom stereocenters. The Morgan fingerprint density at radius 1 is 1.47 bits per heavy atom. The summed E-state index contributed by atoms with van der Waals surface area (Å²) in [5.41, 5.74) is 8.01. The normalized spacial score (nSPS) is 12.5. The van der Waals surface area contributed by atoms with Crippen molar-refractivity contribution in [2.24, 2.45) is 0 Å². The summed E-state index contributed by atoms with van der Waals surface area (Å²) in [6.45, 7) is 4.60. The van der Waals surface area contributed by atoms with Gasteiger partial charge in [0.15, 0.2) is 0 Å². The predicted molar refractivity (Wildman–Crippen MR) is 71.1 cm³/mol. The molecule has 94 valence electrons. The van der Waals surface area contributed by atoms with E-state index in [1.807, 2.05) is 27.1 Å². The monoisotopic (exact) mass is 235 g/mol. The molecule has 0 aliphatic carbocycles. The van der Waals surface area contributed by atoms with Gasteiger partial charge in [-0.25, -0.2) is 0 Å². The van der Waals surface area contributed by atoms with Gasteiger partial charge in [0, 0.05) is 23.8 Å². The Bertz CT molecular complexity index is 402. The lowest BCUT2D eigenvalue weighted by Crippen LogP contribution is -2.38. The summed E-state index contributed by atoms with van der Waals surface area (Å²) < 4.78 is 0. The van der Waals surface area contributed by atoms with Crippen molar-refractivity contribution < 1.29 is 4.79 Å². The predicted octanol–water partition coefficient (Wildman–Crippen LogP) is 1.26. The molecule has 0 saturated carbocycles. The van der Waals surface area contributed by atoms with Crippen molar-refractivity contribution in [3.05, 3.63) is 29.3 Å². The molecule has 1 rings (SSSR count). The third-order valence-corrected chi connectivity index (χ3v) is 2.97. The highest BCUT2D eigenvalue weighted by Crippen LogP contribution is 2.12. The molecule has 3 N–H and O–H groups in total. The second kappa shape index (κ2) is 5.68. The zero-order chi connectivity index (χ0) is 13.0. The lowest BCUT2D eigenvalue weighted by Gasteiger charge is -2.20. The van der Waals surface area contributed by atoms with Crippen LogP contribution in [-0.4, -0.2) is 37.5 Å². The molecule has 1 unspecified atom stereocenters. The van der Waals surface area contributed by atoms with Gasteiger partial charge < -0.3 is 16.0 Å². The van der Waals surface area contributed by atoms with Gasteiger partial charge in [0.2, 0.25) is 0 Å². The van der Waals surface area contributed by atoms with Gasteiger partial charge in [-0.2, -0.15) is 0 Å². The number of hydrogen-bond acceptors (Lipinski definition) is 3. The Morgan fingerprint density at radius 3 is 2.65 bits per heavy atom. The topological polar surface area (TPSA) is 58.4 Å². The first-order valence-electron chi connectivity index (χ1n) is 5.72. The molecule has 0 heterocycles. The second-order valence-corrected chi connectivity index (χ2v) is 4.59. The Kier molecular flexibility index (Phi) is 4.52. The number of carbonyl (C=O) groups is 1. The van der Waals surface area contributed by atoms with E-state index in [1.165, 1.54) is 0 Å². The number of amides is 1. The molecule has 4 nitrogen and oxygen atoms in total. The molecule has 4 heteroatoms. The van der Waals surface area contributed by atoms with Crippen LogP contribution in [0.3, 0.4) is 0 Å². The number of nitrogens with zero attached hydrogens (tertiary/aromatic N) is 1. The average Bonchev–Trinajstić information content (AvgIpc) is 2.28. The van der Waals surface area contributed by atoms with E-state index in [0.717, 1.165) is 5.56 Å². The minimum absolute atomic E-state index is 0.0539. The van der Waals surface area contributed by atoms with Crippen LogP contribution in [0.2, 0.25) is 0 Å². The maximum absolute atomic E-state index is 11.9. The lowest BCUT2D eigenvalue weighted by molar-refractivity contribution is 0.0943. The molecular weight excluding hydrogens is 214 g/mol. The molecule has 0 bridgehead atoms. The number of aryl methyl sites for hydroxylation is 1. The smallest absolute Gasteiger partial charge is 0.251 e. The summed E-state index contributed by atoms with van der Waals surface area (Å²) in [7, 11) is 3.98. The third-order valence-electron chi connectivity index (χ3n) is 2.97. The van der Waals surface area contributed by atoms with Crippen LogP contribution in [0.5, 0.6) is 0 Å². The van der Waals surface area contributed by atoms with Gasteiger partial charge in [-0.15, -0.1) is 0 Å². The highest BCUT2D eigenvalue weighted by molar-refractivity contribution is 5.94. The van der Waals surface area contributed by atoms with Gasteiger partial charge >= 0.3 is 0 Å². The fourth-order valence-corrected chi connectivity index (χ4v) is 1.34. The molecule has 17 heavy (non-hydrogen) atoms. The molecule has 0 spiro atoms. The largest absolute Gasteiger partial charge is 0.399 e. The zero-order valence-electron chi connectivity index (χ0n) is 10.9. The van der Waals surface area contributed by atoms with E-state index < -0.39 is 0 Å². The van der Waals surface area contributed by atoms with Gasteiger partial charge in [-0.1, -0.05) is 0 Å². The summed E-state index contributed by atoms with van der Waals surface area (Å²) in [6.07, 6.45) is 0. The van der Waals surface area contributed by atoms with Crippen molar-refractivity contribution in [2.75, 3.05) is 26.4 Å². The number of hydrogen-bond donors (Lipinski definition) is 2. The van der Waals surface area contributed by atoms with Crippen LogP contribution in [0, 0.1) is 6.92 Å². The van der Waals surface area contributed by atoms with Crippen LogP contribution in [0.1, 0.15) is 22.8 Å². The van der Waals surface area contributed by atoms with Crippen LogP contribution in [0.4, 0.5) is 5.69 Å². The summed E-state index contributed by atoms with van der Waals surface area (Å²) >= 11 is 0. The van der Waals surface area contributed by atoms with E-state index in [4.69, 9.17) is 5.73 Å². The van der Waals surface area contributed by atoms with Gasteiger partial charge in [0.05, 0.1) is 0 Å². The van der Waals surface area contributed by atoms with Crippen molar-refractivity contribution in [1.82, 2.24) is 10.2 Å². The van der Waals surface area contributed by atoms with Crippen molar-refractivity contribution in [1.29, 1.82) is 0 Å². The second-order valence-electron chi connectivity index (χ2n) is 4.59. The Labute approximate surface area is 103 Å². The Hall–Kier alpha value is -1.55. The molecule has 1 aromatic carbocycles. The van der Waals surface area contributed by atoms with Crippen molar-refractivity contribution in [3.63, 3.8) is 0 Å². The molecular formula is C13H21N3O. The molecule has 0 fully saturated rings. The van der Waals surface area contributed by atoms with Crippen LogP contribution in [0.25, 0.3) is 0 Å². The van der Waals surface area contributed by atoms with Crippen LogP contribution >= 0.6 is 0 Å². The molecule has 1 aromatic rings. The SMILES string of the molecule is Cc1cc(C(=O)NCC(C)N(C)C)ccc1N. The quantitative estimate of drug-likeness (QED) is 0.772. The first-order chi connectivity index (χ1) is 7.91.